The summed E-state index contributed by atoms with van der Waals surface area (Å²) in [7, 11) is 0. The molecule has 0 radical (unpaired) electrons. The Kier molecular flexibility index (Phi) is 5.35. The first kappa shape index (κ1) is 13.6. The van der Waals surface area contributed by atoms with Crippen molar-refractivity contribution in [1.29, 1.82) is 0 Å². The minimum absolute atomic E-state index is 0.0350. The molecule has 0 aromatic carbocycles. The van der Waals surface area contributed by atoms with Crippen LogP contribution in [0.15, 0.2) is 0 Å². The predicted octanol–water partition coefficient (Wildman–Crippen LogP) is 3.20. The van der Waals surface area contributed by atoms with Gasteiger partial charge in [-0.1, -0.05) is 27.2 Å². The zero-order valence-corrected chi connectivity index (χ0v) is 10.2. The summed E-state index contributed by atoms with van der Waals surface area (Å²) in [6.07, 6.45) is 3.72. The van der Waals surface area contributed by atoms with Gasteiger partial charge >= 0.3 is 0 Å². The quantitative estimate of drug-likeness (QED) is 0.590. The maximum Gasteiger partial charge on any atom is 0.120 e. The van der Waals surface area contributed by atoms with Gasteiger partial charge in [0.05, 0.1) is 12.2 Å². The molecular weight excluding hydrogens is 176 g/mol. The Morgan fingerprint density at radius 1 is 1.21 bits per heavy atom. The Balaban J connectivity index is 3.96. The SMILES string of the molecule is CCCC(C)(C)OCC(C)(C)CC=O. The van der Waals surface area contributed by atoms with Gasteiger partial charge in [-0.25, -0.2) is 0 Å². The lowest BCUT2D eigenvalue weighted by Crippen LogP contribution is -2.30. The Hall–Kier alpha value is -0.370. The van der Waals surface area contributed by atoms with Crippen LogP contribution in [0, 0.1) is 5.41 Å². The van der Waals surface area contributed by atoms with E-state index in [9.17, 15) is 4.79 Å². The van der Waals surface area contributed by atoms with Gasteiger partial charge in [0, 0.05) is 6.42 Å². The molecule has 0 unspecified atom stereocenters. The van der Waals surface area contributed by atoms with E-state index in [-0.39, 0.29) is 11.0 Å². The normalized spacial score (nSPS) is 12.9. The Bertz CT molecular complexity index is 171. The summed E-state index contributed by atoms with van der Waals surface area (Å²) in [5, 5.41) is 0. The van der Waals surface area contributed by atoms with Crippen LogP contribution in [0.5, 0.6) is 0 Å². The van der Waals surface area contributed by atoms with Crippen molar-refractivity contribution in [3.8, 4) is 0 Å². The Morgan fingerprint density at radius 2 is 1.79 bits per heavy atom. The number of rotatable bonds is 7. The molecule has 0 fully saturated rings. The van der Waals surface area contributed by atoms with Crippen LogP contribution in [0.1, 0.15) is 53.9 Å². The van der Waals surface area contributed by atoms with Gasteiger partial charge < -0.3 is 9.53 Å². The molecule has 0 heterocycles. The third-order valence-corrected chi connectivity index (χ3v) is 2.34. The van der Waals surface area contributed by atoms with Crippen molar-refractivity contribution < 1.29 is 9.53 Å². The van der Waals surface area contributed by atoms with Gasteiger partial charge in [0.1, 0.15) is 6.29 Å². The van der Waals surface area contributed by atoms with E-state index in [0.717, 1.165) is 19.1 Å². The zero-order chi connectivity index (χ0) is 11.2. The van der Waals surface area contributed by atoms with E-state index in [1.54, 1.807) is 0 Å². The summed E-state index contributed by atoms with van der Waals surface area (Å²) >= 11 is 0. The highest BCUT2D eigenvalue weighted by molar-refractivity contribution is 5.50. The summed E-state index contributed by atoms with van der Waals surface area (Å²) in [4.78, 5) is 10.4. The van der Waals surface area contributed by atoms with Crippen LogP contribution >= 0.6 is 0 Å². The van der Waals surface area contributed by atoms with Crippen LogP contribution in [0.25, 0.3) is 0 Å². The van der Waals surface area contributed by atoms with E-state index in [1.165, 1.54) is 0 Å². The summed E-state index contributed by atoms with van der Waals surface area (Å²) in [5.41, 5.74) is -0.0956. The van der Waals surface area contributed by atoms with Gasteiger partial charge in [-0.15, -0.1) is 0 Å². The molecule has 0 N–H and O–H groups in total. The largest absolute Gasteiger partial charge is 0.375 e. The van der Waals surface area contributed by atoms with Gasteiger partial charge in [-0.3, -0.25) is 0 Å². The van der Waals surface area contributed by atoms with E-state index < -0.39 is 0 Å². The van der Waals surface area contributed by atoms with E-state index >= 15 is 0 Å². The monoisotopic (exact) mass is 200 g/mol. The first-order valence-electron chi connectivity index (χ1n) is 5.40. The van der Waals surface area contributed by atoms with Crippen LogP contribution < -0.4 is 0 Å². The van der Waals surface area contributed by atoms with Crippen LogP contribution in [0.4, 0.5) is 0 Å². The van der Waals surface area contributed by atoms with Gasteiger partial charge in [-0.05, 0) is 25.7 Å². The van der Waals surface area contributed by atoms with Crippen LogP contribution in [0.2, 0.25) is 0 Å². The molecule has 0 spiro atoms. The maximum atomic E-state index is 10.4. The van der Waals surface area contributed by atoms with E-state index in [2.05, 4.69) is 34.6 Å². The average Bonchev–Trinajstić information content (AvgIpc) is 2.01. The predicted molar refractivity (Wildman–Crippen MR) is 59.4 cm³/mol. The zero-order valence-electron chi connectivity index (χ0n) is 10.2. The summed E-state index contributed by atoms with van der Waals surface area (Å²) < 4.78 is 5.83. The molecule has 0 aliphatic heterocycles. The Labute approximate surface area is 88.0 Å². The highest BCUT2D eigenvalue weighted by atomic mass is 16.5. The van der Waals surface area contributed by atoms with Gasteiger partial charge in [0.25, 0.3) is 0 Å². The van der Waals surface area contributed by atoms with E-state index in [1.807, 2.05) is 0 Å². The third-order valence-electron chi connectivity index (χ3n) is 2.34. The third kappa shape index (κ3) is 6.14. The van der Waals surface area contributed by atoms with Gasteiger partial charge in [-0.2, -0.15) is 0 Å². The second kappa shape index (κ2) is 5.50. The topological polar surface area (TPSA) is 26.3 Å². The molecule has 0 aromatic heterocycles. The van der Waals surface area contributed by atoms with Crippen molar-refractivity contribution in [2.24, 2.45) is 5.41 Å². The number of ether oxygens (including phenoxy) is 1. The van der Waals surface area contributed by atoms with Crippen molar-refractivity contribution in [3.63, 3.8) is 0 Å². The van der Waals surface area contributed by atoms with Crippen molar-refractivity contribution >= 4 is 6.29 Å². The molecule has 0 saturated heterocycles. The first-order valence-corrected chi connectivity index (χ1v) is 5.40. The number of aldehydes is 1. The van der Waals surface area contributed by atoms with Crippen LogP contribution in [0.3, 0.4) is 0 Å². The van der Waals surface area contributed by atoms with Crippen molar-refractivity contribution in [2.45, 2.75) is 59.5 Å². The molecule has 14 heavy (non-hydrogen) atoms. The molecule has 0 bridgehead atoms. The standard InChI is InChI=1S/C12H24O2/c1-6-7-12(4,5)14-10-11(2,3)8-9-13/h9H,6-8,10H2,1-5H3. The molecule has 0 amide bonds. The fraction of sp³-hybridized carbons (Fsp3) is 0.917. The molecule has 0 rings (SSSR count). The minimum atomic E-state index is -0.0606. The number of carbonyl (C=O) groups is 1. The molecule has 0 aliphatic rings. The minimum Gasteiger partial charge on any atom is -0.375 e. The summed E-state index contributed by atoms with van der Waals surface area (Å²) in [5.74, 6) is 0. The second-order valence-electron chi connectivity index (χ2n) is 5.33. The van der Waals surface area contributed by atoms with Crippen molar-refractivity contribution in [3.05, 3.63) is 0 Å². The maximum absolute atomic E-state index is 10.4. The lowest BCUT2D eigenvalue weighted by atomic mass is 9.91. The molecule has 84 valence electrons. The molecule has 2 heteroatoms. The van der Waals surface area contributed by atoms with Crippen LogP contribution in [-0.2, 0) is 9.53 Å². The first-order chi connectivity index (χ1) is 6.33. The molecule has 0 aliphatic carbocycles. The fourth-order valence-electron chi connectivity index (χ4n) is 1.35. The lowest BCUT2D eigenvalue weighted by Gasteiger charge is -2.30. The Morgan fingerprint density at radius 3 is 2.21 bits per heavy atom. The van der Waals surface area contributed by atoms with Gasteiger partial charge in [0.2, 0.25) is 0 Å². The van der Waals surface area contributed by atoms with Crippen LogP contribution in [-0.4, -0.2) is 18.5 Å². The lowest BCUT2D eigenvalue weighted by molar-refractivity contribution is -0.112. The molecule has 0 saturated carbocycles. The van der Waals surface area contributed by atoms with Crippen molar-refractivity contribution in [1.82, 2.24) is 0 Å². The fourth-order valence-corrected chi connectivity index (χ4v) is 1.35. The highest BCUT2D eigenvalue weighted by Gasteiger charge is 2.23. The molecule has 2 nitrogen and oxygen atoms in total. The average molecular weight is 200 g/mol. The molecule has 0 aromatic rings. The highest BCUT2D eigenvalue weighted by Crippen LogP contribution is 2.24. The van der Waals surface area contributed by atoms with Crippen molar-refractivity contribution in [2.75, 3.05) is 6.61 Å². The molecular formula is C12H24O2. The molecule has 0 atom stereocenters. The second-order valence-corrected chi connectivity index (χ2v) is 5.33. The van der Waals surface area contributed by atoms with E-state index in [4.69, 9.17) is 4.74 Å². The van der Waals surface area contributed by atoms with E-state index in [0.29, 0.717) is 13.0 Å². The number of hydrogen-bond acceptors (Lipinski definition) is 2. The smallest absolute Gasteiger partial charge is 0.120 e. The number of hydrogen-bond donors (Lipinski definition) is 0. The van der Waals surface area contributed by atoms with Gasteiger partial charge in [0.15, 0.2) is 0 Å². The number of carbonyl (C=O) groups excluding carboxylic acids is 1. The summed E-state index contributed by atoms with van der Waals surface area (Å²) in [6, 6.07) is 0. The summed E-state index contributed by atoms with van der Waals surface area (Å²) in [6.45, 7) is 11.1.